The summed E-state index contributed by atoms with van der Waals surface area (Å²) in [6, 6.07) is 0. The van der Waals surface area contributed by atoms with E-state index in [-0.39, 0.29) is 19.0 Å². The number of nitro groups is 1. The lowest BCUT2D eigenvalue weighted by molar-refractivity contribution is -0.384. The van der Waals surface area contributed by atoms with Crippen molar-refractivity contribution in [1.82, 2.24) is 9.78 Å². The molecule has 1 rings (SSSR count). The maximum atomic E-state index is 10.5. The highest BCUT2D eigenvalue weighted by Gasteiger charge is 2.20. The molecule has 1 amide bonds. The third-order valence-electron chi connectivity index (χ3n) is 1.49. The van der Waals surface area contributed by atoms with Crippen LogP contribution in [0, 0.1) is 10.1 Å². The fraction of sp³-hybridized carbons (Fsp3) is 0.333. The number of carbonyl (C=O) groups is 1. The van der Waals surface area contributed by atoms with E-state index >= 15 is 0 Å². The molecule has 0 unspecified atom stereocenters. The summed E-state index contributed by atoms with van der Waals surface area (Å²) < 4.78 is 1.09. The zero-order valence-corrected chi connectivity index (χ0v) is 7.45. The van der Waals surface area contributed by atoms with E-state index < -0.39 is 16.7 Å². The predicted molar refractivity (Wildman–Crippen MR) is 47.6 cm³/mol. The van der Waals surface area contributed by atoms with Crippen molar-refractivity contribution in [2.75, 3.05) is 11.9 Å². The highest BCUT2D eigenvalue weighted by molar-refractivity contribution is 5.84. The van der Waals surface area contributed by atoms with Gasteiger partial charge in [0, 0.05) is 0 Å². The fourth-order valence-electron chi connectivity index (χ4n) is 0.952. The second-order valence-corrected chi connectivity index (χ2v) is 2.54. The van der Waals surface area contributed by atoms with E-state index in [1.54, 1.807) is 5.32 Å². The van der Waals surface area contributed by atoms with Gasteiger partial charge in [0.05, 0.1) is 18.1 Å². The van der Waals surface area contributed by atoms with E-state index in [2.05, 4.69) is 5.10 Å². The zero-order chi connectivity index (χ0) is 11.4. The number of aromatic nitrogens is 2. The Labute approximate surface area is 83.1 Å². The van der Waals surface area contributed by atoms with Gasteiger partial charge < -0.3 is 10.2 Å². The largest absolute Gasteiger partial charge is 0.465 e. The summed E-state index contributed by atoms with van der Waals surface area (Å²) in [5.41, 5.74) is -0.453. The highest BCUT2D eigenvalue weighted by Crippen LogP contribution is 2.21. The number of hydrogen-bond donors (Lipinski definition) is 3. The van der Waals surface area contributed by atoms with Gasteiger partial charge >= 0.3 is 11.8 Å². The third kappa shape index (κ3) is 2.64. The van der Waals surface area contributed by atoms with Gasteiger partial charge in [-0.25, -0.2) is 4.79 Å². The van der Waals surface area contributed by atoms with Crippen LogP contribution in [-0.2, 0) is 6.54 Å². The minimum atomic E-state index is -1.44. The Balaban J connectivity index is 3.00. The number of aliphatic hydroxyl groups excluding tert-OH is 1. The zero-order valence-electron chi connectivity index (χ0n) is 7.45. The molecule has 1 heterocycles. The van der Waals surface area contributed by atoms with Crippen molar-refractivity contribution < 1.29 is 19.9 Å². The molecule has 0 aliphatic carbocycles. The van der Waals surface area contributed by atoms with Gasteiger partial charge in [-0.05, 0) is 0 Å². The van der Waals surface area contributed by atoms with Crippen LogP contribution in [0.3, 0.4) is 0 Å². The molecule has 0 aliphatic rings. The van der Waals surface area contributed by atoms with Crippen LogP contribution in [0.25, 0.3) is 0 Å². The quantitative estimate of drug-likeness (QED) is 0.474. The van der Waals surface area contributed by atoms with Gasteiger partial charge in [-0.15, -0.1) is 5.10 Å². The van der Waals surface area contributed by atoms with Crippen LogP contribution in [-0.4, -0.2) is 37.6 Å². The van der Waals surface area contributed by atoms with Crippen molar-refractivity contribution in [2.24, 2.45) is 0 Å². The van der Waals surface area contributed by atoms with E-state index in [1.165, 1.54) is 0 Å². The summed E-state index contributed by atoms with van der Waals surface area (Å²) in [7, 11) is 0. The molecule has 1 aromatic rings. The van der Waals surface area contributed by atoms with Crippen LogP contribution in [0.4, 0.5) is 16.3 Å². The van der Waals surface area contributed by atoms with E-state index in [0.717, 1.165) is 10.9 Å². The van der Waals surface area contributed by atoms with Crippen LogP contribution in [0.15, 0.2) is 6.20 Å². The number of hydrogen-bond acceptors (Lipinski definition) is 5. The lowest BCUT2D eigenvalue weighted by Crippen LogP contribution is -2.10. The number of anilines is 1. The van der Waals surface area contributed by atoms with E-state index in [0.29, 0.717) is 0 Å². The average molecular weight is 216 g/mol. The van der Waals surface area contributed by atoms with Gasteiger partial charge in [-0.3, -0.25) is 20.1 Å². The predicted octanol–water partition coefficient (Wildman–Crippen LogP) is -0.127. The van der Waals surface area contributed by atoms with Crippen LogP contribution >= 0.6 is 0 Å². The lowest BCUT2D eigenvalue weighted by atomic mass is 10.5. The van der Waals surface area contributed by atoms with E-state index in [1.807, 2.05) is 0 Å². The summed E-state index contributed by atoms with van der Waals surface area (Å²) in [5.74, 6) is -0.360. The van der Waals surface area contributed by atoms with Crippen molar-refractivity contribution in [3.05, 3.63) is 16.3 Å². The van der Waals surface area contributed by atoms with Gasteiger partial charge in [0.15, 0.2) is 0 Å². The summed E-state index contributed by atoms with van der Waals surface area (Å²) >= 11 is 0. The molecule has 1 aromatic heterocycles. The molecule has 9 heteroatoms. The number of nitrogens with zero attached hydrogens (tertiary/aromatic N) is 3. The fourth-order valence-corrected chi connectivity index (χ4v) is 0.952. The number of rotatable bonds is 4. The third-order valence-corrected chi connectivity index (χ3v) is 1.49. The Morgan fingerprint density at radius 2 is 2.40 bits per heavy atom. The average Bonchev–Trinajstić information content (AvgIpc) is 2.47. The molecule has 0 spiro atoms. The van der Waals surface area contributed by atoms with Crippen molar-refractivity contribution in [3.63, 3.8) is 0 Å². The molecule has 0 aliphatic heterocycles. The van der Waals surface area contributed by atoms with Crippen LogP contribution < -0.4 is 5.32 Å². The van der Waals surface area contributed by atoms with Crippen LogP contribution in [0.1, 0.15) is 0 Å². The minimum Gasteiger partial charge on any atom is -0.465 e. The molecule has 0 saturated heterocycles. The van der Waals surface area contributed by atoms with E-state index in [9.17, 15) is 14.9 Å². The Morgan fingerprint density at radius 1 is 1.73 bits per heavy atom. The maximum Gasteiger partial charge on any atom is 0.410 e. The van der Waals surface area contributed by atoms with E-state index in [4.69, 9.17) is 10.2 Å². The second kappa shape index (κ2) is 4.37. The molecule has 3 N–H and O–H groups in total. The van der Waals surface area contributed by atoms with Crippen LogP contribution in [0.2, 0.25) is 0 Å². The number of carboxylic acid groups (broad SMARTS) is 1. The SMILES string of the molecule is O=C(O)Nc1nn(CCO)cc1[N+](=O)[O-]. The number of aliphatic hydroxyl groups is 1. The first-order chi connectivity index (χ1) is 7.04. The molecule has 0 fully saturated rings. The van der Waals surface area contributed by atoms with Crippen molar-refractivity contribution >= 4 is 17.6 Å². The van der Waals surface area contributed by atoms with Crippen LogP contribution in [0.5, 0.6) is 0 Å². The highest BCUT2D eigenvalue weighted by atomic mass is 16.6. The molecular weight excluding hydrogens is 208 g/mol. The summed E-state index contributed by atoms with van der Waals surface area (Å²) in [6.45, 7) is -0.187. The maximum absolute atomic E-state index is 10.5. The van der Waals surface area contributed by atoms with Crippen molar-refractivity contribution in [3.8, 4) is 0 Å². The summed E-state index contributed by atoms with van der Waals surface area (Å²) in [5, 5.41) is 32.8. The van der Waals surface area contributed by atoms with Gasteiger partial charge in [-0.1, -0.05) is 0 Å². The Kier molecular flexibility index (Phi) is 3.18. The van der Waals surface area contributed by atoms with Gasteiger partial charge in [0.1, 0.15) is 6.20 Å². The normalized spacial score (nSPS) is 9.93. The first-order valence-electron chi connectivity index (χ1n) is 3.87. The molecule has 0 bridgehead atoms. The smallest absolute Gasteiger partial charge is 0.410 e. The first-order valence-corrected chi connectivity index (χ1v) is 3.87. The standard InChI is InChI=1S/C6H8N4O5/c11-2-1-9-3-4(10(14)15)5(8-9)7-6(12)13/h3,11H,1-2H2,(H,7,8)(H,12,13). The molecule has 0 atom stereocenters. The van der Waals surface area contributed by atoms with Crippen molar-refractivity contribution in [2.45, 2.75) is 6.54 Å². The monoisotopic (exact) mass is 216 g/mol. The molecular formula is C6H8N4O5. The topological polar surface area (TPSA) is 131 Å². The molecule has 0 saturated carbocycles. The van der Waals surface area contributed by atoms with Gasteiger partial charge in [0.2, 0.25) is 5.82 Å². The molecule has 0 radical (unpaired) electrons. The molecule has 9 nitrogen and oxygen atoms in total. The summed E-state index contributed by atoms with van der Waals surface area (Å²) in [6.07, 6.45) is -0.394. The first kappa shape index (κ1) is 10.9. The van der Waals surface area contributed by atoms with Gasteiger partial charge in [0.25, 0.3) is 0 Å². The Bertz CT molecular complexity index is 387. The molecule has 82 valence electrons. The minimum absolute atomic E-state index is 0.0577. The Morgan fingerprint density at radius 3 is 2.87 bits per heavy atom. The number of nitrogens with one attached hydrogen (secondary N) is 1. The van der Waals surface area contributed by atoms with Gasteiger partial charge in [-0.2, -0.15) is 0 Å². The van der Waals surface area contributed by atoms with Crippen molar-refractivity contribution in [1.29, 1.82) is 0 Å². The second-order valence-electron chi connectivity index (χ2n) is 2.54. The lowest BCUT2D eigenvalue weighted by Gasteiger charge is -1.94. The number of amides is 1. The molecule has 15 heavy (non-hydrogen) atoms. The Hall–Kier alpha value is -2.16. The summed E-state index contributed by atoms with van der Waals surface area (Å²) in [4.78, 5) is 20.0. The molecule has 0 aromatic carbocycles.